The summed E-state index contributed by atoms with van der Waals surface area (Å²) < 4.78 is 30.8. The van der Waals surface area contributed by atoms with Gasteiger partial charge in [-0.15, -0.1) is 0 Å². The second kappa shape index (κ2) is 6.85. The molecule has 0 atom stereocenters. The Balaban J connectivity index is 1.64. The highest BCUT2D eigenvalue weighted by Gasteiger charge is 1.96. The zero-order valence-corrected chi connectivity index (χ0v) is 10.4. The fraction of sp³-hybridized carbons (Fsp3) is 0.200. The number of benzene rings is 2. The fourth-order valence-corrected chi connectivity index (χ4v) is 1.61. The molecule has 0 aliphatic carbocycles. The maximum Gasteiger partial charge on any atom is 0.123 e. The Morgan fingerprint density at radius 3 is 2.05 bits per heavy atom. The highest BCUT2D eigenvalue weighted by atomic mass is 19.1. The molecule has 0 fully saturated rings. The normalized spacial score (nSPS) is 10.4. The van der Waals surface area contributed by atoms with Crippen molar-refractivity contribution in [2.75, 3.05) is 13.2 Å². The van der Waals surface area contributed by atoms with Crippen molar-refractivity contribution in [3.05, 3.63) is 65.7 Å². The zero-order valence-electron chi connectivity index (χ0n) is 10.4. The molecule has 0 radical (unpaired) electrons. The topological polar surface area (TPSA) is 21.3 Å². The molecule has 2 aromatic carbocycles. The van der Waals surface area contributed by atoms with Crippen LogP contribution in [-0.2, 0) is 6.54 Å². The zero-order chi connectivity index (χ0) is 13.5. The van der Waals surface area contributed by atoms with Crippen molar-refractivity contribution in [2.24, 2.45) is 0 Å². The van der Waals surface area contributed by atoms with Gasteiger partial charge < -0.3 is 10.1 Å². The van der Waals surface area contributed by atoms with E-state index in [0.717, 1.165) is 5.56 Å². The van der Waals surface area contributed by atoms with E-state index in [2.05, 4.69) is 5.32 Å². The molecule has 0 aliphatic heterocycles. The lowest BCUT2D eigenvalue weighted by molar-refractivity contribution is 0.313. The molecule has 0 amide bonds. The average molecular weight is 263 g/mol. The highest BCUT2D eigenvalue weighted by molar-refractivity contribution is 5.22. The van der Waals surface area contributed by atoms with Gasteiger partial charge in [-0.1, -0.05) is 12.1 Å². The van der Waals surface area contributed by atoms with Gasteiger partial charge in [0.2, 0.25) is 0 Å². The number of ether oxygens (including phenoxy) is 1. The number of rotatable bonds is 6. The minimum Gasteiger partial charge on any atom is -0.492 e. The van der Waals surface area contributed by atoms with Crippen molar-refractivity contribution in [1.29, 1.82) is 0 Å². The molecule has 0 bridgehead atoms. The molecule has 0 spiro atoms. The summed E-state index contributed by atoms with van der Waals surface area (Å²) in [5.74, 6) is 0.134. The second-order valence-electron chi connectivity index (χ2n) is 4.11. The number of halogens is 2. The SMILES string of the molecule is Fc1ccc(CNCCOc2ccc(F)cc2)cc1. The predicted octanol–water partition coefficient (Wildman–Crippen LogP) is 3.13. The largest absolute Gasteiger partial charge is 0.492 e. The van der Waals surface area contributed by atoms with E-state index >= 15 is 0 Å². The molecule has 2 nitrogen and oxygen atoms in total. The van der Waals surface area contributed by atoms with Crippen molar-refractivity contribution in [2.45, 2.75) is 6.54 Å². The molecule has 0 heterocycles. The smallest absolute Gasteiger partial charge is 0.123 e. The molecule has 19 heavy (non-hydrogen) atoms. The minimum absolute atomic E-state index is 0.233. The lowest BCUT2D eigenvalue weighted by Gasteiger charge is -2.07. The third-order valence-electron chi connectivity index (χ3n) is 2.60. The Labute approximate surface area is 111 Å². The van der Waals surface area contributed by atoms with Gasteiger partial charge in [-0.25, -0.2) is 8.78 Å². The van der Waals surface area contributed by atoms with Crippen LogP contribution >= 0.6 is 0 Å². The molecule has 0 unspecified atom stereocenters. The first-order valence-electron chi connectivity index (χ1n) is 6.07. The van der Waals surface area contributed by atoms with Crippen LogP contribution in [0.1, 0.15) is 5.56 Å². The monoisotopic (exact) mass is 263 g/mol. The van der Waals surface area contributed by atoms with Crippen LogP contribution in [0.15, 0.2) is 48.5 Å². The molecule has 0 saturated heterocycles. The molecule has 100 valence electrons. The Bertz CT molecular complexity index is 449. The van der Waals surface area contributed by atoms with Crippen LogP contribution in [0.2, 0.25) is 0 Å². The number of hydrogen-bond acceptors (Lipinski definition) is 2. The number of hydrogen-bond donors (Lipinski definition) is 1. The van der Waals surface area contributed by atoms with Crippen molar-refractivity contribution in [3.8, 4) is 5.75 Å². The second-order valence-corrected chi connectivity index (χ2v) is 4.11. The van der Waals surface area contributed by atoms with Gasteiger partial charge in [-0.3, -0.25) is 0 Å². The quantitative estimate of drug-likeness (QED) is 0.808. The Morgan fingerprint density at radius 2 is 1.42 bits per heavy atom. The first kappa shape index (κ1) is 13.5. The summed E-state index contributed by atoms with van der Waals surface area (Å²) in [6.45, 7) is 1.81. The van der Waals surface area contributed by atoms with E-state index < -0.39 is 0 Å². The van der Waals surface area contributed by atoms with Crippen LogP contribution < -0.4 is 10.1 Å². The summed E-state index contributed by atoms with van der Waals surface area (Å²) >= 11 is 0. The van der Waals surface area contributed by atoms with E-state index in [1.165, 1.54) is 24.3 Å². The first-order chi connectivity index (χ1) is 9.24. The third-order valence-corrected chi connectivity index (χ3v) is 2.60. The predicted molar refractivity (Wildman–Crippen MR) is 70.0 cm³/mol. The molecule has 0 aliphatic rings. The van der Waals surface area contributed by atoms with E-state index in [9.17, 15) is 8.78 Å². The van der Waals surface area contributed by atoms with Crippen molar-refractivity contribution in [1.82, 2.24) is 5.32 Å². The fourth-order valence-electron chi connectivity index (χ4n) is 1.61. The molecule has 4 heteroatoms. The molecule has 2 aromatic rings. The maximum absolute atomic E-state index is 12.7. The van der Waals surface area contributed by atoms with Crippen LogP contribution in [0.4, 0.5) is 8.78 Å². The van der Waals surface area contributed by atoms with Gasteiger partial charge >= 0.3 is 0 Å². The summed E-state index contributed by atoms with van der Waals surface area (Å²) in [5.41, 5.74) is 1.02. The van der Waals surface area contributed by atoms with Gasteiger partial charge in [0.15, 0.2) is 0 Å². The van der Waals surface area contributed by atoms with E-state index in [0.29, 0.717) is 25.4 Å². The van der Waals surface area contributed by atoms with Crippen molar-refractivity contribution >= 4 is 0 Å². The van der Waals surface area contributed by atoms with Crippen LogP contribution in [-0.4, -0.2) is 13.2 Å². The van der Waals surface area contributed by atoms with Crippen LogP contribution in [0.5, 0.6) is 5.75 Å². The molecule has 1 N–H and O–H groups in total. The van der Waals surface area contributed by atoms with Crippen LogP contribution in [0.25, 0.3) is 0 Å². The summed E-state index contributed by atoms with van der Waals surface area (Å²) in [4.78, 5) is 0. The van der Waals surface area contributed by atoms with E-state index in [1.807, 2.05) is 0 Å². The molecule has 0 aromatic heterocycles. The Morgan fingerprint density at radius 1 is 0.842 bits per heavy atom. The van der Waals surface area contributed by atoms with Gasteiger partial charge in [0.05, 0.1) is 0 Å². The molecular formula is C15H15F2NO. The summed E-state index contributed by atoms with van der Waals surface area (Å²) in [5, 5.41) is 3.18. The van der Waals surface area contributed by atoms with E-state index in [4.69, 9.17) is 4.74 Å². The van der Waals surface area contributed by atoms with E-state index in [-0.39, 0.29) is 11.6 Å². The van der Waals surface area contributed by atoms with Gasteiger partial charge in [-0.2, -0.15) is 0 Å². The van der Waals surface area contributed by atoms with Gasteiger partial charge in [0, 0.05) is 13.1 Å². The minimum atomic E-state index is -0.276. The van der Waals surface area contributed by atoms with Crippen molar-refractivity contribution in [3.63, 3.8) is 0 Å². The molecule has 0 saturated carbocycles. The lowest BCUT2D eigenvalue weighted by Crippen LogP contribution is -2.20. The highest BCUT2D eigenvalue weighted by Crippen LogP contribution is 2.10. The van der Waals surface area contributed by atoms with Gasteiger partial charge in [0.25, 0.3) is 0 Å². The summed E-state index contributed by atoms with van der Waals surface area (Å²) in [6.07, 6.45) is 0. The van der Waals surface area contributed by atoms with Crippen LogP contribution in [0, 0.1) is 11.6 Å². The van der Waals surface area contributed by atoms with Gasteiger partial charge in [-0.05, 0) is 42.0 Å². The van der Waals surface area contributed by atoms with Gasteiger partial charge in [0.1, 0.15) is 24.0 Å². The third kappa shape index (κ3) is 4.67. The first-order valence-corrected chi connectivity index (χ1v) is 6.07. The lowest BCUT2D eigenvalue weighted by atomic mass is 10.2. The van der Waals surface area contributed by atoms with E-state index in [1.54, 1.807) is 24.3 Å². The summed E-state index contributed by atoms with van der Waals surface area (Å²) in [7, 11) is 0. The Kier molecular flexibility index (Phi) is 4.86. The number of nitrogens with one attached hydrogen (secondary N) is 1. The maximum atomic E-state index is 12.7. The Hall–Kier alpha value is -1.94. The average Bonchev–Trinajstić information content (AvgIpc) is 2.43. The van der Waals surface area contributed by atoms with Crippen LogP contribution in [0.3, 0.4) is 0 Å². The standard InChI is InChI=1S/C15H15F2NO/c16-13-3-1-12(2-4-13)11-18-9-10-19-15-7-5-14(17)6-8-15/h1-8,18H,9-11H2. The molecular weight excluding hydrogens is 248 g/mol. The molecule has 2 rings (SSSR count). The van der Waals surface area contributed by atoms with Crippen molar-refractivity contribution < 1.29 is 13.5 Å². The summed E-state index contributed by atoms with van der Waals surface area (Å²) in [6, 6.07) is 12.3.